The van der Waals surface area contributed by atoms with Crippen molar-refractivity contribution in [2.24, 2.45) is 0 Å². The highest BCUT2D eigenvalue weighted by molar-refractivity contribution is 6.02. The molecule has 116 valence electrons. The van der Waals surface area contributed by atoms with Crippen LogP contribution in [0.1, 0.15) is 30.3 Å². The maximum absolute atomic E-state index is 13.5. The number of unbranched alkanes of at least 4 members (excludes halogenated alkanes) is 1. The zero-order chi connectivity index (χ0) is 15.9. The van der Waals surface area contributed by atoms with E-state index in [2.05, 4.69) is 27.5 Å². The van der Waals surface area contributed by atoms with Gasteiger partial charge in [-0.3, -0.25) is 4.79 Å². The van der Waals surface area contributed by atoms with Gasteiger partial charge in [-0.25, -0.2) is 18.7 Å². The quantitative estimate of drug-likeness (QED) is 0.804. The first kappa shape index (κ1) is 15.8. The maximum atomic E-state index is 13.5. The van der Waals surface area contributed by atoms with Crippen molar-refractivity contribution in [2.45, 2.75) is 19.8 Å². The van der Waals surface area contributed by atoms with Gasteiger partial charge in [-0.05, 0) is 18.6 Å². The van der Waals surface area contributed by atoms with E-state index in [-0.39, 0.29) is 11.4 Å². The lowest BCUT2D eigenvalue weighted by molar-refractivity contribution is 0.102. The van der Waals surface area contributed by atoms with Gasteiger partial charge < -0.3 is 10.6 Å². The molecular weight excluding hydrogens is 290 g/mol. The maximum Gasteiger partial charge on any atom is 0.275 e. The Morgan fingerprint density at radius 3 is 2.68 bits per heavy atom. The molecule has 1 aromatic carbocycles. The number of amides is 1. The fourth-order valence-electron chi connectivity index (χ4n) is 1.71. The van der Waals surface area contributed by atoms with Crippen molar-refractivity contribution < 1.29 is 13.6 Å². The topological polar surface area (TPSA) is 66.9 Å². The van der Waals surface area contributed by atoms with Crippen LogP contribution in [-0.4, -0.2) is 22.4 Å². The molecule has 0 bridgehead atoms. The number of benzene rings is 1. The average molecular weight is 306 g/mol. The molecule has 22 heavy (non-hydrogen) atoms. The second-order valence-corrected chi connectivity index (χ2v) is 4.65. The van der Waals surface area contributed by atoms with E-state index in [0.29, 0.717) is 11.9 Å². The Kier molecular flexibility index (Phi) is 5.35. The van der Waals surface area contributed by atoms with Crippen LogP contribution in [0.5, 0.6) is 0 Å². The number of aromatic nitrogens is 2. The summed E-state index contributed by atoms with van der Waals surface area (Å²) in [6, 6.07) is 2.91. The van der Waals surface area contributed by atoms with Crippen LogP contribution in [0.25, 0.3) is 0 Å². The van der Waals surface area contributed by atoms with Crippen LogP contribution < -0.4 is 10.6 Å². The van der Waals surface area contributed by atoms with E-state index in [1.165, 1.54) is 12.4 Å². The summed E-state index contributed by atoms with van der Waals surface area (Å²) in [7, 11) is 0. The average Bonchev–Trinajstić information content (AvgIpc) is 2.51. The molecule has 0 saturated carbocycles. The molecule has 0 radical (unpaired) electrons. The number of carbonyl (C=O) groups excluding carboxylic acids is 1. The highest BCUT2D eigenvalue weighted by atomic mass is 19.1. The van der Waals surface area contributed by atoms with Crippen LogP contribution in [-0.2, 0) is 0 Å². The number of halogens is 2. The molecule has 1 aromatic heterocycles. The van der Waals surface area contributed by atoms with E-state index in [0.717, 1.165) is 31.5 Å². The highest BCUT2D eigenvalue weighted by Gasteiger charge is 2.11. The largest absolute Gasteiger partial charge is 0.369 e. The minimum Gasteiger partial charge on any atom is -0.369 e. The van der Waals surface area contributed by atoms with E-state index in [9.17, 15) is 13.6 Å². The van der Waals surface area contributed by atoms with Crippen molar-refractivity contribution in [3.8, 4) is 0 Å². The minimum absolute atomic E-state index is 0.0461. The van der Waals surface area contributed by atoms with Gasteiger partial charge in [0.15, 0.2) is 0 Å². The second-order valence-electron chi connectivity index (χ2n) is 4.65. The number of carbonyl (C=O) groups is 1. The molecular formula is C15H16F2N4O. The first-order valence-corrected chi connectivity index (χ1v) is 6.92. The van der Waals surface area contributed by atoms with Crippen molar-refractivity contribution in [2.75, 3.05) is 17.2 Å². The summed E-state index contributed by atoms with van der Waals surface area (Å²) < 4.78 is 26.3. The van der Waals surface area contributed by atoms with Crippen LogP contribution in [0, 0.1) is 11.6 Å². The van der Waals surface area contributed by atoms with Crippen LogP contribution in [0.2, 0.25) is 0 Å². The smallest absolute Gasteiger partial charge is 0.275 e. The van der Waals surface area contributed by atoms with Gasteiger partial charge >= 0.3 is 0 Å². The molecule has 0 aliphatic carbocycles. The van der Waals surface area contributed by atoms with Crippen molar-refractivity contribution >= 4 is 17.4 Å². The number of anilines is 2. The SMILES string of the molecule is CCCCNc1cnc(C(=O)Nc2ccc(F)cc2F)cn1. The fraction of sp³-hybridized carbons (Fsp3) is 0.267. The van der Waals surface area contributed by atoms with Gasteiger partial charge in [0.25, 0.3) is 5.91 Å². The molecule has 0 atom stereocenters. The van der Waals surface area contributed by atoms with Gasteiger partial charge in [-0.2, -0.15) is 0 Å². The molecule has 0 spiro atoms. The van der Waals surface area contributed by atoms with Gasteiger partial charge in [0.05, 0.1) is 18.1 Å². The first-order valence-electron chi connectivity index (χ1n) is 6.92. The number of nitrogens with one attached hydrogen (secondary N) is 2. The summed E-state index contributed by atoms with van der Waals surface area (Å²) in [5.41, 5.74) is -0.0666. The molecule has 7 heteroatoms. The fourth-order valence-corrected chi connectivity index (χ4v) is 1.71. The Labute approximate surface area is 126 Å². The lowest BCUT2D eigenvalue weighted by Crippen LogP contribution is -2.15. The summed E-state index contributed by atoms with van der Waals surface area (Å²) in [6.07, 6.45) is 4.80. The van der Waals surface area contributed by atoms with E-state index >= 15 is 0 Å². The second kappa shape index (κ2) is 7.44. The predicted octanol–water partition coefficient (Wildman–Crippen LogP) is 3.22. The zero-order valence-electron chi connectivity index (χ0n) is 12.1. The van der Waals surface area contributed by atoms with E-state index in [1.807, 2.05) is 0 Å². The van der Waals surface area contributed by atoms with Crippen LogP contribution in [0.15, 0.2) is 30.6 Å². The molecule has 0 unspecified atom stereocenters. The van der Waals surface area contributed by atoms with E-state index < -0.39 is 17.5 Å². The third-order valence-electron chi connectivity index (χ3n) is 2.90. The highest BCUT2D eigenvalue weighted by Crippen LogP contribution is 2.15. The summed E-state index contributed by atoms with van der Waals surface area (Å²) in [6.45, 7) is 2.85. The van der Waals surface area contributed by atoms with Gasteiger partial charge in [0, 0.05) is 12.6 Å². The van der Waals surface area contributed by atoms with Crippen molar-refractivity contribution in [3.05, 3.63) is 47.9 Å². The Morgan fingerprint density at radius 1 is 1.23 bits per heavy atom. The summed E-state index contributed by atoms with van der Waals surface area (Å²) >= 11 is 0. The lowest BCUT2D eigenvalue weighted by Gasteiger charge is -2.07. The third-order valence-corrected chi connectivity index (χ3v) is 2.90. The molecule has 0 fully saturated rings. The first-order chi connectivity index (χ1) is 10.6. The molecule has 5 nitrogen and oxygen atoms in total. The van der Waals surface area contributed by atoms with Crippen molar-refractivity contribution in [1.29, 1.82) is 0 Å². The third kappa shape index (κ3) is 4.21. The van der Waals surface area contributed by atoms with Crippen LogP contribution in [0.4, 0.5) is 20.3 Å². The Balaban J connectivity index is 2.00. The standard InChI is InChI=1S/C15H16F2N4O/c1-2-3-6-18-14-9-19-13(8-20-14)15(22)21-12-5-4-10(16)7-11(12)17/h4-5,7-9H,2-3,6H2,1H3,(H,18,20)(H,21,22). The number of hydrogen-bond acceptors (Lipinski definition) is 4. The lowest BCUT2D eigenvalue weighted by atomic mass is 10.3. The molecule has 1 amide bonds. The van der Waals surface area contributed by atoms with Gasteiger partial charge in [0.1, 0.15) is 23.1 Å². The molecule has 1 heterocycles. The molecule has 0 aliphatic rings. The monoisotopic (exact) mass is 306 g/mol. The van der Waals surface area contributed by atoms with E-state index in [1.54, 1.807) is 0 Å². The normalized spacial score (nSPS) is 10.3. The summed E-state index contributed by atoms with van der Waals surface area (Å²) in [5.74, 6) is -1.60. The molecule has 2 N–H and O–H groups in total. The molecule has 2 aromatic rings. The Hall–Kier alpha value is -2.57. The summed E-state index contributed by atoms with van der Waals surface area (Å²) in [5, 5.41) is 5.39. The Morgan fingerprint density at radius 2 is 2.05 bits per heavy atom. The zero-order valence-corrected chi connectivity index (χ0v) is 12.1. The number of hydrogen-bond donors (Lipinski definition) is 2. The minimum atomic E-state index is -0.848. The van der Waals surface area contributed by atoms with Crippen molar-refractivity contribution in [1.82, 2.24) is 9.97 Å². The van der Waals surface area contributed by atoms with Gasteiger partial charge in [-0.1, -0.05) is 13.3 Å². The van der Waals surface area contributed by atoms with Crippen molar-refractivity contribution in [3.63, 3.8) is 0 Å². The summed E-state index contributed by atoms with van der Waals surface area (Å²) in [4.78, 5) is 20.0. The molecule has 0 aliphatic heterocycles. The van der Waals surface area contributed by atoms with Crippen LogP contribution >= 0.6 is 0 Å². The number of nitrogens with zero attached hydrogens (tertiary/aromatic N) is 2. The van der Waals surface area contributed by atoms with Gasteiger partial charge in [-0.15, -0.1) is 0 Å². The predicted molar refractivity (Wildman–Crippen MR) is 79.7 cm³/mol. The molecule has 2 rings (SSSR count). The van der Waals surface area contributed by atoms with E-state index in [4.69, 9.17) is 0 Å². The van der Waals surface area contributed by atoms with Gasteiger partial charge in [0.2, 0.25) is 0 Å². The number of rotatable bonds is 6. The molecule has 0 saturated heterocycles. The Bertz CT molecular complexity index is 646. The van der Waals surface area contributed by atoms with Crippen LogP contribution in [0.3, 0.4) is 0 Å².